The smallest absolute Gasteiger partial charge is 0.416 e. The third-order valence-corrected chi connectivity index (χ3v) is 8.88. The van der Waals surface area contributed by atoms with Gasteiger partial charge in [-0.1, -0.05) is 6.07 Å². The molecule has 0 spiro atoms. The van der Waals surface area contributed by atoms with Crippen LogP contribution in [0.5, 0.6) is 0 Å². The fraction of sp³-hybridized carbons (Fsp3) is 0.441. The lowest BCUT2D eigenvalue weighted by molar-refractivity contribution is -0.143. The molecule has 1 heterocycles. The predicted octanol–water partition coefficient (Wildman–Crippen LogP) is 9.33. The molecule has 1 aliphatic rings. The molecule has 2 aromatic carbocycles. The molecule has 1 aromatic heterocycles. The molecule has 1 aliphatic carbocycles. The van der Waals surface area contributed by atoms with Gasteiger partial charge in [0.25, 0.3) is 0 Å². The van der Waals surface area contributed by atoms with E-state index >= 15 is 0 Å². The maximum Gasteiger partial charge on any atom is 0.416 e. The van der Waals surface area contributed by atoms with E-state index in [1.165, 1.54) is 32.2 Å². The first-order valence-electron chi connectivity index (χ1n) is 14.9. The Balaban J connectivity index is 1.61. The van der Waals surface area contributed by atoms with Crippen LogP contribution >= 0.6 is 0 Å². The molecule has 0 aliphatic heterocycles. The lowest BCUT2D eigenvalue weighted by Crippen LogP contribution is -2.35. The summed E-state index contributed by atoms with van der Waals surface area (Å²) in [6.07, 6.45) is -4.56. The number of carboxylic acid groups (broad SMARTS) is 1. The molecule has 5 nitrogen and oxygen atoms in total. The first-order valence-corrected chi connectivity index (χ1v) is 14.9. The number of halogens is 7. The normalized spacial score (nSPS) is 17.5. The quantitative estimate of drug-likeness (QED) is 0.214. The van der Waals surface area contributed by atoms with E-state index < -0.39 is 58.6 Å². The van der Waals surface area contributed by atoms with E-state index in [0.717, 1.165) is 31.4 Å². The van der Waals surface area contributed by atoms with Crippen molar-refractivity contribution in [3.8, 4) is 11.1 Å². The zero-order chi connectivity index (χ0) is 34.0. The minimum atomic E-state index is -5.06. The number of aliphatic carboxylic acids is 1. The van der Waals surface area contributed by atoms with Gasteiger partial charge in [0.1, 0.15) is 5.82 Å². The van der Waals surface area contributed by atoms with Gasteiger partial charge >= 0.3 is 18.3 Å². The van der Waals surface area contributed by atoms with Gasteiger partial charge in [0.15, 0.2) is 5.78 Å². The number of alkyl halides is 6. The minimum absolute atomic E-state index is 0.0232. The van der Waals surface area contributed by atoms with Crippen molar-refractivity contribution in [3.63, 3.8) is 0 Å². The average Bonchev–Trinajstić information content (AvgIpc) is 2.98. The standard InChI is InChI=1S/C34H35F7N2O3/c1-19-12-25(35)9-10-26(19)27-16-28(21-7-4-20(5-8-21)6-11-31(45)46)42-17-29(27)43-18-30(44)32(2,3)22-13-23(33(36,37)38)15-24(14-22)34(39,40)41/h9-10,12-17,20-21,43H,4-8,11,18H2,1-3H3,(H,45,46). The van der Waals surface area contributed by atoms with Crippen LogP contribution in [0, 0.1) is 18.7 Å². The number of ketones is 1. The number of aryl methyl sites for hydroxylation is 1. The summed E-state index contributed by atoms with van der Waals surface area (Å²) in [5.74, 6) is -1.52. The van der Waals surface area contributed by atoms with Crippen molar-refractivity contribution in [2.75, 3.05) is 11.9 Å². The Hall–Kier alpha value is -3.96. The summed E-state index contributed by atoms with van der Waals surface area (Å²) in [6.45, 7) is 3.82. The third-order valence-electron chi connectivity index (χ3n) is 8.88. The van der Waals surface area contributed by atoms with Crippen molar-refractivity contribution in [3.05, 3.63) is 82.4 Å². The molecular formula is C34H35F7N2O3. The van der Waals surface area contributed by atoms with E-state index in [0.29, 0.717) is 46.8 Å². The Kier molecular flexibility index (Phi) is 10.2. The number of anilines is 1. The van der Waals surface area contributed by atoms with Crippen LogP contribution in [0.15, 0.2) is 48.7 Å². The molecule has 4 rings (SSSR count). The molecule has 0 atom stereocenters. The Bertz CT molecular complexity index is 1560. The van der Waals surface area contributed by atoms with Gasteiger partial charge in [0.2, 0.25) is 0 Å². The zero-order valence-electron chi connectivity index (χ0n) is 25.6. The summed E-state index contributed by atoms with van der Waals surface area (Å²) in [6, 6.07) is 7.23. The van der Waals surface area contributed by atoms with Crippen molar-refractivity contribution in [1.82, 2.24) is 4.98 Å². The van der Waals surface area contributed by atoms with Crippen LogP contribution in [-0.2, 0) is 27.4 Å². The Labute approximate surface area is 262 Å². The minimum Gasteiger partial charge on any atom is -0.481 e. The summed E-state index contributed by atoms with van der Waals surface area (Å²) >= 11 is 0. The molecule has 2 N–H and O–H groups in total. The molecule has 248 valence electrons. The summed E-state index contributed by atoms with van der Waals surface area (Å²) in [5, 5.41) is 12.0. The van der Waals surface area contributed by atoms with Gasteiger partial charge in [0.05, 0.1) is 35.0 Å². The first kappa shape index (κ1) is 34.9. The number of nitrogens with one attached hydrogen (secondary N) is 1. The summed E-state index contributed by atoms with van der Waals surface area (Å²) in [5.41, 5.74) is -2.13. The van der Waals surface area contributed by atoms with E-state index in [2.05, 4.69) is 10.3 Å². The number of hydrogen-bond donors (Lipinski definition) is 2. The van der Waals surface area contributed by atoms with E-state index in [4.69, 9.17) is 5.11 Å². The molecule has 12 heteroatoms. The summed E-state index contributed by atoms with van der Waals surface area (Å²) in [7, 11) is 0. The topological polar surface area (TPSA) is 79.3 Å². The lowest BCUT2D eigenvalue weighted by Gasteiger charge is -2.29. The highest BCUT2D eigenvalue weighted by Crippen LogP contribution is 2.41. The molecule has 0 bridgehead atoms. The number of nitrogens with zero attached hydrogens (tertiary/aromatic N) is 1. The van der Waals surface area contributed by atoms with E-state index in [1.807, 2.05) is 6.07 Å². The van der Waals surface area contributed by atoms with Crippen LogP contribution in [0.1, 0.15) is 86.2 Å². The van der Waals surface area contributed by atoms with Crippen LogP contribution in [0.4, 0.5) is 36.4 Å². The second-order valence-corrected chi connectivity index (χ2v) is 12.5. The highest BCUT2D eigenvalue weighted by molar-refractivity contribution is 5.93. The number of carbonyl (C=O) groups is 2. The van der Waals surface area contributed by atoms with Crippen molar-refractivity contribution in [1.29, 1.82) is 0 Å². The van der Waals surface area contributed by atoms with E-state index in [1.54, 1.807) is 13.0 Å². The fourth-order valence-electron chi connectivity index (χ4n) is 5.94. The maximum absolute atomic E-state index is 14.0. The molecule has 46 heavy (non-hydrogen) atoms. The SMILES string of the molecule is Cc1cc(F)ccc1-c1cc(C2CCC(CCC(=O)O)CC2)ncc1NCC(=O)C(C)(C)c1cc(C(F)(F)F)cc(C(F)(F)F)c1. The van der Waals surface area contributed by atoms with Gasteiger partial charge in [-0.15, -0.1) is 0 Å². The van der Waals surface area contributed by atoms with Crippen LogP contribution in [0.2, 0.25) is 0 Å². The number of benzene rings is 2. The Morgan fingerprint density at radius 2 is 1.46 bits per heavy atom. The molecule has 0 saturated heterocycles. The highest BCUT2D eigenvalue weighted by Gasteiger charge is 2.40. The van der Waals surface area contributed by atoms with Gasteiger partial charge < -0.3 is 10.4 Å². The number of rotatable bonds is 10. The van der Waals surface area contributed by atoms with Crippen LogP contribution in [-0.4, -0.2) is 28.4 Å². The summed E-state index contributed by atoms with van der Waals surface area (Å²) in [4.78, 5) is 29.0. The van der Waals surface area contributed by atoms with Gasteiger partial charge in [-0.3, -0.25) is 14.6 Å². The van der Waals surface area contributed by atoms with Gasteiger partial charge in [-0.2, -0.15) is 26.3 Å². The molecule has 0 radical (unpaired) electrons. The molecular weight excluding hydrogens is 617 g/mol. The largest absolute Gasteiger partial charge is 0.481 e. The second-order valence-electron chi connectivity index (χ2n) is 12.5. The van der Waals surface area contributed by atoms with Gasteiger partial charge in [0, 0.05) is 23.6 Å². The second kappa shape index (κ2) is 13.4. The molecule has 0 unspecified atom stereocenters. The number of carbonyl (C=O) groups excluding carboxylic acids is 1. The number of aromatic nitrogens is 1. The van der Waals surface area contributed by atoms with Crippen LogP contribution in [0.25, 0.3) is 11.1 Å². The van der Waals surface area contributed by atoms with Gasteiger partial charge in [-0.25, -0.2) is 4.39 Å². The zero-order valence-corrected chi connectivity index (χ0v) is 25.6. The van der Waals surface area contributed by atoms with Crippen molar-refractivity contribution in [2.45, 2.75) is 83.0 Å². The first-order chi connectivity index (χ1) is 21.4. The number of hydrogen-bond acceptors (Lipinski definition) is 4. The predicted molar refractivity (Wildman–Crippen MR) is 159 cm³/mol. The van der Waals surface area contributed by atoms with E-state index in [-0.39, 0.29) is 18.4 Å². The Morgan fingerprint density at radius 3 is 2.00 bits per heavy atom. The monoisotopic (exact) mass is 652 g/mol. The number of carboxylic acids is 1. The van der Waals surface area contributed by atoms with Crippen molar-refractivity contribution < 1.29 is 45.4 Å². The molecule has 3 aromatic rings. The third kappa shape index (κ3) is 8.24. The van der Waals surface area contributed by atoms with Crippen LogP contribution in [0.3, 0.4) is 0 Å². The average molecular weight is 653 g/mol. The maximum atomic E-state index is 14.0. The fourth-order valence-corrected chi connectivity index (χ4v) is 5.94. The lowest BCUT2D eigenvalue weighted by atomic mass is 9.78. The van der Waals surface area contributed by atoms with Gasteiger partial charge in [-0.05, 0) is 112 Å². The molecule has 1 saturated carbocycles. The van der Waals surface area contributed by atoms with Crippen LogP contribution < -0.4 is 5.32 Å². The van der Waals surface area contributed by atoms with E-state index in [9.17, 15) is 40.3 Å². The molecule has 1 fully saturated rings. The molecule has 0 amide bonds. The van der Waals surface area contributed by atoms with Crippen molar-refractivity contribution in [2.24, 2.45) is 5.92 Å². The summed E-state index contributed by atoms with van der Waals surface area (Å²) < 4.78 is 94.9. The van der Waals surface area contributed by atoms with Crippen molar-refractivity contribution >= 4 is 17.4 Å². The number of Topliss-reactive ketones (excluding diaryl/α,β-unsaturated/α-hetero) is 1. The highest BCUT2D eigenvalue weighted by atomic mass is 19.4. The number of pyridine rings is 1. The Morgan fingerprint density at radius 1 is 0.870 bits per heavy atom.